The highest BCUT2D eigenvalue weighted by molar-refractivity contribution is 8.84. The Morgan fingerprint density at radius 1 is 1.05 bits per heavy atom. The Bertz CT molecular complexity index is 240. The quantitative estimate of drug-likeness (QED) is 0.319. The van der Waals surface area contributed by atoms with E-state index in [9.17, 15) is 4.57 Å². The molecule has 0 N–H and O–H groups in total. The predicted octanol–water partition coefficient (Wildman–Crippen LogP) is 6.71. The van der Waals surface area contributed by atoms with E-state index >= 15 is 0 Å². The minimum absolute atomic E-state index is 0.0967. The Morgan fingerprint density at radius 3 is 2.11 bits per heavy atom. The van der Waals surface area contributed by atoms with Gasteiger partial charge in [0.1, 0.15) is 0 Å². The molecule has 2 nitrogen and oxygen atoms in total. The third-order valence-electron chi connectivity index (χ3n) is 3.23. The first-order valence-corrected chi connectivity index (χ1v) is 11.9. The van der Waals surface area contributed by atoms with E-state index in [1.807, 2.05) is 0 Å². The molecule has 0 heterocycles. The molecular weight excluding hydrogens is 295 g/mol. The molecule has 3 atom stereocenters. The average molecular weight is 327 g/mol. The van der Waals surface area contributed by atoms with Crippen molar-refractivity contribution in [3.63, 3.8) is 0 Å². The molecule has 0 aliphatic carbocycles. The molecule has 0 radical (unpaired) electrons. The molecule has 0 fully saturated rings. The van der Waals surface area contributed by atoms with Crippen molar-refractivity contribution in [1.29, 1.82) is 0 Å². The highest BCUT2D eigenvalue weighted by Crippen LogP contribution is 2.67. The van der Waals surface area contributed by atoms with Crippen molar-refractivity contribution in [3.8, 4) is 0 Å². The Kier molecular flexibility index (Phi) is 12.1. The van der Waals surface area contributed by atoms with Crippen molar-refractivity contribution in [2.75, 3.05) is 0 Å². The summed E-state index contributed by atoms with van der Waals surface area (Å²) < 4.78 is 18.3. The van der Waals surface area contributed by atoms with Crippen LogP contribution in [-0.4, -0.2) is 11.4 Å². The van der Waals surface area contributed by atoms with Gasteiger partial charge in [-0.1, -0.05) is 77.0 Å². The van der Waals surface area contributed by atoms with Gasteiger partial charge in [0.05, 0.1) is 6.10 Å². The van der Waals surface area contributed by atoms with Gasteiger partial charge in [-0.05, 0) is 25.7 Å². The van der Waals surface area contributed by atoms with Gasteiger partial charge in [-0.3, -0.25) is 4.57 Å². The molecule has 0 aliphatic rings. The van der Waals surface area contributed by atoms with E-state index in [1.54, 1.807) is 0 Å². The molecule has 0 aromatic rings. The second-order valence-electron chi connectivity index (χ2n) is 5.02. The maximum Gasteiger partial charge on any atom is 0.310 e. The highest BCUT2D eigenvalue weighted by atomic mass is 33.1. The van der Waals surface area contributed by atoms with Crippen LogP contribution in [-0.2, 0) is 9.09 Å². The maximum atomic E-state index is 12.5. The highest BCUT2D eigenvalue weighted by Gasteiger charge is 2.26. The molecule has 0 saturated heterocycles. The van der Waals surface area contributed by atoms with Gasteiger partial charge in [0.15, 0.2) is 0 Å². The molecule has 0 aromatic heterocycles. The average Bonchev–Trinajstić information content (AvgIpc) is 2.39. The number of hydrogen-bond acceptors (Lipinski definition) is 3. The van der Waals surface area contributed by atoms with Crippen molar-refractivity contribution in [2.24, 2.45) is 0 Å². The molecule has 0 aliphatic heterocycles. The Morgan fingerprint density at radius 2 is 1.63 bits per heavy atom. The van der Waals surface area contributed by atoms with Crippen molar-refractivity contribution in [1.82, 2.24) is 0 Å². The summed E-state index contributed by atoms with van der Waals surface area (Å²) in [5, 5.41) is 0.409. The summed E-state index contributed by atoms with van der Waals surface area (Å²) in [7, 11) is 0. The predicted molar refractivity (Wildman–Crippen MR) is 92.5 cm³/mol. The lowest BCUT2D eigenvalue weighted by molar-refractivity contribution is 0.199. The minimum Gasteiger partial charge on any atom is -0.310 e. The Hall–Kier alpha value is 0.890. The van der Waals surface area contributed by atoms with Crippen LogP contribution < -0.4 is 0 Å². The van der Waals surface area contributed by atoms with Crippen molar-refractivity contribution >= 4 is 29.4 Å². The largest absolute Gasteiger partial charge is 0.310 e. The van der Waals surface area contributed by atoms with Crippen molar-refractivity contribution in [3.05, 3.63) is 0 Å². The molecular formula is C14H31O2PS2. The summed E-state index contributed by atoms with van der Waals surface area (Å²) in [6.07, 6.45) is 8.79. The molecule has 0 amide bonds. The SMILES string of the molecule is CCCCC(CC)OP(=O)(S)SC(CC)CCCC. The molecule has 0 spiro atoms. The van der Waals surface area contributed by atoms with E-state index in [2.05, 4.69) is 39.9 Å². The number of unbranched alkanes of at least 4 members (excludes halogenated alkanes) is 2. The summed E-state index contributed by atoms with van der Waals surface area (Å²) in [6.45, 7) is 8.59. The lowest BCUT2D eigenvalue weighted by Gasteiger charge is -2.23. The zero-order chi connectivity index (χ0) is 14.7. The molecule has 5 heteroatoms. The summed E-state index contributed by atoms with van der Waals surface area (Å²) >= 11 is 5.78. The van der Waals surface area contributed by atoms with Crippen LogP contribution in [0.25, 0.3) is 0 Å². The van der Waals surface area contributed by atoms with Gasteiger partial charge in [-0.15, -0.1) is 0 Å². The van der Waals surface area contributed by atoms with Gasteiger partial charge in [0.25, 0.3) is 0 Å². The van der Waals surface area contributed by atoms with Crippen LogP contribution in [0.3, 0.4) is 0 Å². The fraction of sp³-hybridized carbons (Fsp3) is 1.00. The third-order valence-corrected chi connectivity index (χ3v) is 8.02. The molecule has 0 bridgehead atoms. The van der Waals surface area contributed by atoms with Crippen LogP contribution in [0.4, 0.5) is 0 Å². The van der Waals surface area contributed by atoms with E-state index in [4.69, 9.17) is 4.52 Å². The standard InChI is InChI=1S/C14H31O2PS2/c1-5-9-11-13(7-3)16-17(15,18)19-14(8-4)12-10-6-2/h13-14H,5-12H2,1-4H3,(H,15,18). The molecule has 0 aromatic carbocycles. The van der Waals surface area contributed by atoms with Gasteiger partial charge < -0.3 is 4.52 Å². The van der Waals surface area contributed by atoms with Crippen LogP contribution in [0.15, 0.2) is 0 Å². The molecule has 0 saturated carbocycles. The van der Waals surface area contributed by atoms with E-state index in [-0.39, 0.29) is 6.10 Å². The van der Waals surface area contributed by atoms with Gasteiger partial charge in [0, 0.05) is 5.25 Å². The third kappa shape index (κ3) is 10.3. The van der Waals surface area contributed by atoms with E-state index in [0.717, 1.165) is 38.5 Å². The van der Waals surface area contributed by atoms with Gasteiger partial charge >= 0.3 is 5.77 Å². The van der Waals surface area contributed by atoms with Crippen LogP contribution >= 0.6 is 29.4 Å². The molecule has 3 unspecified atom stereocenters. The summed E-state index contributed by atoms with van der Waals surface area (Å²) in [4.78, 5) is 0. The smallest absolute Gasteiger partial charge is 0.310 e. The monoisotopic (exact) mass is 326 g/mol. The summed E-state index contributed by atoms with van der Waals surface area (Å²) in [5.74, 6) is -2.81. The Balaban J connectivity index is 4.29. The first-order chi connectivity index (χ1) is 8.99. The zero-order valence-electron chi connectivity index (χ0n) is 12.9. The van der Waals surface area contributed by atoms with Gasteiger partial charge in [0.2, 0.25) is 0 Å². The maximum absolute atomic E-state index is 12.5. The van der Waals surface area contributed by atoms with Crippen molar-refractivity contribution < 1.29 is 9.09 Å². The second kappa shape index (κ2) is 11.5. The topological polar surface area (TPSA) is 26.3 Å². The molecule has 19 heavy (non-hydrogen) atoms. The number of rotatable bonds is 12. The van der Waals surface area contributed by atoms with Crippen LogP contribution in [0.2, 0.25) is 0 Å². The first kappa shape index (κ1) is 19.9. The van der Waals surface area contributed by atoms with Crippen LogP contribution in [0, 0.1) is 0 Å². The molecule has 116 valence electrons. The first-order valence-electron chi connectivity index (χ1n) is 7.68. The van der Waals surface area contributed by atoms with E-state index < -0.39 is 5.77 Å². The summed E-state index contributed by atoms with van der Waals surface area (Å²) in [5.41, 5.74) is 0. The van der Waals surface area contributed by atoms with Gasteiger partial charge in [-0.2, -0.15) is 0 Å². The lowest BCUT2D eigenvalue weighted by atomic mass is 10.1. The van der Waals surface area contributed by atoms with Crippen LogP contribution in [0.5, 0.6) is 0 Å². The zero-order valence-corrected chi connectivity index (χ0v) is 15.5. The van der Waals surface area contributed by atoms with E-state index in [1.165, 1.54) is 24.2 Å². The Labute approximate surface area is 129 Å². The van der Waals surface area contributed by atoms with Crippen molar-refractivity contribution in [2.45, 2.75) is 90.4 Å². The summed E-state index contributed by atoms with van der Waals surface area (Å²) in [6, 6.07) is 0. The minimum atomic E-state index is -2.81. The fourth-order valence-electron chi connectivity index (χ4n) is 1.93. The number of thiol groups is 1. The lowest BCUT2D eigenvalue weighted by Crippen LogP contribution is -2.09. The number of hydrogen-bond donors (Lipinski definition) is 1. The van der Waals surface area contributed by atoms with Crippen LogP contribution in [0.1, 0.15) is 79.1 Å². The molecule has 0 rings (SSSR count). The normalized spacial score (nSPS) is 17.9. The second-order valence-corrected chi connectivity index (χ2v) is 11.5. The van der Waals surface area contributed by atoms with Gasteiger partial charge in [-0.25, -0.2) is 0 Å². The van der Waals surface area contributed by atoms with E-state index in [0.29, 0.717) is 5.25 Å². The fourth-order valence-corrected chi connectivity index (χ4v) is 7.41.